The predicted octanol–water partition coefficient (Wildman–Crippen LogP) is 1.68. The van der Waals surface area contributed by atoms with Gasteiger partial charge in [-0.25, -0.2) is 0 Å². The molecule has 0 aromatic heterocycles. The van der Waals surface area contributed by atoms with Gasteiger partial charge in [0.2, 0.25) is 0 Å². The minimum Gasteiger partial charge on any atom is -0.395 e. The summed E-state index contributed by atoms with van der Waals surface area (Å²) in [6, 6.07) is 0.720. The van der Waals surface area contributed by atoms with Crippen molar-refractivity contribution in [3.8, 4) is 0 Å². The van der Waals surface area contributed by atoms with Gasteiger partial charge in [0.1, 0.15) is 0 Å². The van der Waals surface area contributed by atoms with E-state index < -0.39 is 0 Å². The number of aliphatic hydroxyl groups is 1. The highest BCUT2D eigenvalue weighted by molar-refractivity contribution is 7.80. The molecule has 0 heterocycles. The Labute approximate surface area is 104 Å². The van der Waals surface area contributed by atoms with Gasteiger partial charge in [-0.1, -0.05) is 38.4 Å². The fourth-order valence-electron chi connectivity index (χ4n) is 2.72. The zero-order valence-electron chi connectivity index (χ0n) is 10.2. The molecule has 0 radical (unpaired) electrons. The Morgan fingerprint density at radius 3 is 2.50 bits per heavy atom. The molecule has 16 heavy (non-hydrogen) atoms. The van der Waals surface area contributed by atoms with Crippen LogP contribution in [0.25, 0.3) is 0 Å². The Hall–Kier alpha value is -0.190. The third kappa shape index (κ3) is 3.68. The third-order valence-corrected chi connectivity index (χ3v) is 3.79. The van der Waals surface area contributed by atoms with Crippen LogP contribution in [0.1, 0.15) is 45.4 Å². The first-order valence-electron chi connectivity index (χ1n) is 6.36. The maximum absolute atomic E-state index is 9.17. The van der Waals surface area contributed by atoms with E-state index in [4.69, 9.17) is 23.1 Å². The smallest absolute Gasteiger partial charge is 0.0902 e. The highest BCUT2D eigenvalue weighted by atomic mass is 32.1. The van der Waals surface area contributed by atoms with Crippen LogP contribution in [0.4, 0.5) is 0 Å². The van der Waals surface area contributed by atoms with Crippen LogP contribution in [0.5, 0.6) is 0 Å². The minimum atomic E-state index is 0.158. The van der Waals surface area contributed by atoms with E-state index in [0.717, 1.165) is 6.42 Å². The van der Waals surface area contributed by atoms with Crippen molar-refractivity contribution in [2.75, 3.05) is 13.2 Å². The topological polar surface area (TPSA) is 49.5 Å². The maximum atomic E-state index is 9.17. The summed E-state index contributed by atoms with van der Waals surface area (Å²) in [6.45, 7) is 2.99. The van der Waals surface area contributed by atoms with Crippen molar-refractivity contribution in [1.29, 1.82) is 0 Å². The number of thiocarbonyl (C=S) groups is 1. The number of hydrogen-bond acceptors (Lipinski definition) is 3. The van der Waals surface area contributed by atoms with E-state index in [1.54, 1.807) is 0 Å². The molecule has 1 aliphatic rings. The van der Waals surface area contributed by atoms with Gasteiger partial charge < -0.3 is 10.8 Å². The molecule has 1 aliphatic carbocycles. The van der Waals surface area contributed by atoms with E-state index in [-0.39, 0.29) is 12.6 Å². The maximum Gasteiger partial charge on any atom is 0.0902 e. The SMILES string of the molecule is CCC(C(N)=S)N(CCO)C1CCCCC1. The Balaban J connectivity index is 2.66. The molecule has 3 nitrogen and oxygen atoms in total. The van der Waals surface area contributed by atoms with Gasteiger partial charge in [0, 0.05) is 12.6 Å². The van der Waals surface area contributed by atoms with E-state index in [0.29, 0.717) is 17.6 Å². The Morgan fingerprint density at radius 2 is 2.06 bits per heavy atom. The lowest BCUT2D eigenvalue weighted by atomic mass is 9.92. The average Bonchev–Trinajstić information content (AvgIpc) is 2.29. The van der Waals surface area contributed by atoms with Crippen molar-refractivity contribution in [3.05, 3.63) is 0 Å². The molecule has 1 atom stereocenters. The summed E-state index contributed by atoms with van der Waals surface area (Å²) < 4.78 is 0. The highest BCUT2D eigenvalue weighted by Gasteiger charge is 2.27. The summed E-state index contributed by atoms with van der Waals surface area (Å²) in [6.07, 6.45) is 7.30. The van der Waals surface area contributed by atoms with Crippen LogP contribution in [-0.4, -0.2) is 40.2 Å². The molecule has 94 valence electrons. The fourth-order valence-corrected chi connectivity index (χ4v) is 3.02. The standard InChI is InChI=1S/C12H24N2OS/c1-2-11(12(13)16)14(8-9-15)10-6-4-3-5-7-10/h10-11,15H,2-9H2,1H3,(H2,13,16). The summed E-state index contributed by atoms with van der Waals surface area (Å²) in [7, 11) is 0. The molecule has 0 amide bonds. The molecule has 0 aromatic rings. The summed E-state index contributed by atoms with van der Waals surface area (Å²) in [5.41, 5.74) is 5.79. The molecular formula is C12H24N2OS. The first-order valence-corrected chi connectivity index (χ1v) is 6.77. The second-order valence-electron chi connectivity index (χ2n) is 4.58. The van der Waals surface area contributed by atoms with Crippen LogP contribution >= 0.6 is 12.2 Å². The van der Waals surface area contributed by atoms with Crippen molar-refractivity contribution >= 4 is 17.2 Å². The number of nitrogens with two attached hydrogens (primary N) is 1. The van der Waals surface area contributed by atoms with E-state index in [1.807, 2.05) is 0 Å². The predicted molar refractivity (Wildman–Crippen MR) is 71.5 cm³/mol. The van der Waals surface area contributed by atoms with Crippen molar-refractivity contribution < 1.29 is 5.11 Å². The minimum absolute atomic E-state index is 0.158. The first kappa shape index (κ1) is 13.9. The molecule has 0 aromatic carbocycles. The van der Waals surface area contributed by atoms with Gasteiger partial charge in [-0.2, -0.15) is 0 Å². The highest BCUT2D eigenvalue weighted by Crippen LogP contribution is 2.24. The lowest BCUT2D eigenvalue weighted by Gasteiger charge is -2.39. The summed E-state index contributed by atoms with van der Waals surface area (Å²) in [5, 5.41) is 9.17. The second kappa shape index (κ2) is 7.20. The Morgan fingerprint density at radius 1 is 1.44 bits per heavy atom. The van der Waals surface area contributed by atoms with Crippen LogP contribution in [0.2, 0.25) is 0 Å². The van der Waals surface area contributed by atoms with E-state index in [2.05, 4.69) is 11.8 Å². The number of rotatable bonds is 6. The van der Waals surface area contributed by atoms with Crippen molar-refractivity contribution in [1.82, 2.24) is 4.90 Å². The molecule has 1 rings (SSSR count). The van der Waals surface area contributed by atoms with Gasteiger partial charge >= 0.3 is 0 Å². The van der Waals surface area contributed by atoms with Gasteiger partial charge in [-0.15, -0.1) is 0 Å². The summed E-state index contributed by atoms with van der Waals surface area (Å²) >= 11 is 5.13. The molecular weight excluding hydrogens is 220 g/mol. The third-order valence-electron chi connectivity index (χ3n) is 3.52. The van der Waals surface area contributed by atoms with E-state index in [1.165, 1.54) is 32.1 Å². The molecule has 0 bridgehead atoms. The lowest BCUT2D eigenvalue weighted by molar-refractivity contribution is 0.104. The Kier molecular flexibility index (Phi) is 6.24. The summed E-state index contributed by atoms with van der Waals surface area (Å²) in [5.74, 6) is 0. The van der Waals surface area contributed by atoms with Gasteiger partial charge in [-0.05, 0) is 19.3 Å². The monoisotopic (exact) mass is 244 g/mol. The van der Waals surface area contributed by atoms with Crippen LogP contribution < -0.4 is 5.73 Å². The van der Waals surface area contributed by atoms with Crippen LogP contribution in [0, 0.1) is 0 Å². The number of nitrogens with zero attached hydrogens (tertiary/aromatic N) is 1. The van der Waals surface area contributed by atoms with Gasteiger partial charge in [0.05, 0.1) is 17.6 Å². The van der Waals surface area contributed by atoms with Gasteiger partial charge in [0.25, 0.3) is 0 Å². The first-order chi connectivity index (χ1) is 7.70. The Bertz CT molecular complexity index is 217. The molecule has 0 saturated heterocycles. The van der Waals surface area contributed by atoms with Crippen molar-refractivity contribution in [2.45, 2.75) is 57.5 Å². The lowest BCUT2D eigenvalue weighted by Crippen LogP contribution is -2.50. The largest absolute Gasteiger partial charge is 0.395 e. The van der Waals surface area contributed by atoms with Crippen molar-refractivity contribution in [3.63, 3.8) is 0 Å². The van der Waals surface area contributed by atoms with Crippen LogP contribution in [-0.2, 0) is 0 Å². The van der Waals surface area contributed by atoms with E-state index in [9.17, 15) is 0 Å². The zero-order valence-corrected chi connectivity index (χ0v) is 11.0. The normalized spacial score (nSPS) is 19.9. The molecule has 3 N–H and O–H groups in total. The molecule has 0 spiro atoms. The zero-order chi connectivity index (χ0) is 12.0. The van der Waals surface area contributed by atoms with Gasteiger partial charge in [-0.3, -0.25) is 4.90 Å². The molecule has 1 fully saturated rings. The molecule has 1 saturated carbocycles. The molecule has 1 unspecified atom stereocenters. The molecule has 0 aliphatic heterocycles. The second-order valence-corrected chi connectivity index (χ2v) is 5.05. The van der Waals surface area contributed by atoms with E-state index >= 15 is 0 Å². The molecule has 4 heteroatoms. The van der Waals surface area contributed by atoms with Gasteiger partial charge in [0.15, 0.2) is 0 Å². The quantitative estimate of drug-likeness (QED) is 0.698. The van der Waals surface area contributed by atoms with Crippen LogP contribution in [0.15, 0.2) is 0 Å². The average molecular weight is 244 g/mol. The van der Waals surface area contributed by atoms with Crippen molar-refractivity contribution in [2.24, 2.45) is 5.73 Å². The number of aliphatic hydroxyl groups excluding tert-OH is 1. The van der Waals surface area contributed by atoms with Crippen LogP contribution in [0.3, 0.4) is 0 Å². The summed E-state index contributed by atoms with van der Waals surface area (Å²) in [4.78, 5) is 2.89. The number of hydrogen-bond donors (Lipinski definition) is 2. The fraction of sp³-hybridized carbons (Fsp3) is 0.917.